The van der Waals surface area contributed by atoms with Crippen LogP contribution in [0.3, 0.4) is 0 Å². The Morgan fingerprint density at radius 3 is 2.29 bits per heavy atom. The van der Waals surface area contributed by atoms with Crippen molar-refractivity contribution in [1.29, 1.82) is 0 Å². The molecule has 0 amide bonds. The number of anilines is 1. The second-order valence-electron chi connectivity index (χ2n) is 4.32. The number of sulfonamides is 1. The molecule has 0 bridgehead atoms. The highest BCUT2D eigenvalue weighted by atomic mass is 35.5. The SMILES string of the molecule is Cc1ccc(O)c(NS(=O)(=O)c2cc(Cl)c(Cl)cc2Cl)c1. The van der Waals surface area contributed by atoms with Gasteiger partial charge in [-0.3, -0.25) is 4.72 Å². The Morgan fingerprint density at radius 1 is 1.00 bits per heavy atom. The summed E-state index contributed by atoms with van der Waals surface area (Å²) >= 11 is 17.5. The van der Waals surface area contributed by atoms with Crippen molar-refractivity contribution in [2.45, 2.75) is 11.8 Å². The van der Waals surface area contributed by atoms with E-state index in [9.17, 15) is 13.5 Å². The number of halogens is 3. The van der Waals surface area contributed by atoms with Crippen LogP contribution in [-0.4, -0.2) is 13.5 Å². The van der Waals surface area contributed by atoms with E-state index in [0.717, 1.165) is 11.6 Å². The number of hydrogen-bond donors (Lipinski definition) is 2. The van der Waals surface area contributed by atoms with Gasteiger partial charge in [0.05, 0.1) is 20.8 Å². The molecule has 0 radical (unpaired) electrons. The van der Waals surface area contributed by atoms with Gasteiger partial charge >= 0.3 is 0 Å². The van der Waals surface area contributed by atoms with E-state index < -0.39 is 10.0 Å². The Kier molecular flexibility index (Phi) is 4.58. The van der Waals surface area contributed by atoms with Crippen LogP contribution in [0.1, 0.15) is 5.56 Å². The van der Waals surface area contributed by atoms with E-state index in [4.69, 9.17) is 34.8 Å². The van der Waals surface area contributed by atoms with Crippen LogP contribution in [-0.2, 0) is 10.0 Å². The zero-order valence-corrected chi connectivity index (χ0v) is 13.8. The van der Waals surface area contributed by atoms with Crippen LogP contribution >= 0.6 is 34.8 Å². The molecule has 0 aliphatic rings. The quantitative estimate of drug-likeness (QED) is 0.622. The van der Waals surface area contributed by atoms with Crippen molar-refractivity contribution in [3.63, 3.8) is 0 Å². The second kappa shape index (κ2) is 5.93. The molecule has 0 aromatic heterocycles. The molecule has 2 aromatic carbocycles. The highest BCUT2D eigenvalue weighted by Crippen LogP contribution is 2.34. The Bertz CT molecular complexity index is 807. The maximum atomic E-state index is 12.3. The van der Waals surface area contributed by atoms with E-state index in [0.29, 0.717) is 0 Å². The highest BCUT2D eigenvalue weighted by Gasteiger charge is 2.21. The average molecular weight is 367 g/mol. The van der Waals surface area contributed by atoms with Gasteiger partial charge < -0.3 is 5.11 Å². The molecule has 112 valence electrons. The smallest absolute Gasteiger partial charge is 0.263 e. The number of hydrogen-bond acceptors (Lipinski definition) is 3. The summed E-state index contributed by atoms with van der Waals surface area (Å²) in [6.45, 7) is 1.77. The van der Waals surface area contributed by atoms with Gasteiger partial charge in [0.15, 0.2) is 0 Å². The molecule has 0 saturated heterocycles. The zero-order chi connectivity index (χ0) is 15.8. The van der Waals surface area contributed by atoms with Gasteiger partial charge in [0.2, 0.25) is 0 Å². The maximum absolute atomic E-state index is 12.3. The summed E-state index contributed by atoms with van der Waals surface area (Å²) < 4.78 is 26.9. The summed E-state index contributed by atoms with van der Waals surface area (Å²) in [5.41, 5.74) is 0.836. The van der Waals surface area contributed by atoms with Crippen LogP contribution in [0.15, 0.2) is 35.2 Å². The summed E-state index contributed by atoms with van der Waals surface area (Å²) in [5.74, 6) is -0.194. The van der Waals surface area contributed by atoms with E-state index >= 15 is 0 Å². The molecule has 2 N–H and O–H groups in total. The summed E-state index contributed by atoms with van der Waals surface area (Å²) in [6, 6.07) is 6.94. The summed E-state index contributed by atoms with van der Waals surface area (Å²) in [5, 5.41) is 9.86. The molecule has 0 aliphatic heterocycles. The normalized spacial score (nSPS) is 11.4. The van der Waals surface area contributed by atoms with Crippen molar-refractivity contribution in [1.82, 2.24) is 0 Å². The van der Waals surface area contributed by atoms with E-state index in [-0.39, 0.29) is 31.4 Å². The third-order valence-corrected chi connectivity index (χ3v) is 5.21. The van der Waals surface area contributed by atoms with Crippen molar-refractivity contribution in [3.05, 3.63) is 51.0 Å². The van der Waals surface area contributed by atoms with Gasteiger partial charge in [-0.2, -0.15) is 0 Å². The molecule has 21 heavy (non-hydrogen) atoms. The van der Waals surface area contributed by atoms with Crippen molar-refractivity contribution >= 4 is 50.5 Å². The predicted molar refractivity (Wildman–Crippen MR) is 85.1 cm³/mol. The minimum absolute atomic E-state index is 0.0529. The van der Waals surface area contributed by atoms with Gasteiger partial charge in [-0.15, -0.1) is 0 Å². The maximum Gasteiger partial charge on any atom is 0.263 e. The van der Waals surface area contributed by atoms with Crippen LogP contribution in [0.5, 0.6) is 5.75 Å². The van der Waals surface area contributed by atoms with Crippen LogP contribution in [0.4, 0.5) is 5.69 Å². The fourth-order valence-electron chi connectivity index (χ4n) is 1.64. The molecule has 0 aliphatic carbocycles. The lowest BCUT2D eigenvalue weighted by atomic mass is 10.2. The summed E-state index contributed by atoms with van der Waals surface area (Å²) in [7, 11) is -4.01. The monoisotopic (exact) mass is 365 g/mol. The van der Waals surface area contributed by atoms with E-state index in [1.54, 1.807) is 13.0 Å². The Balaban J connectivity index is 2.48. The van der Waals surface area contributed by atoms with Gasteiger partial charge in [-0.1, -0.05) is 40.9 Å². The topological polar surface area (TPSA) is 66.4 Å². The van der Waals surface area contributed by atoms with Crippen molar-refractivity contribution in [3.8, 4) is 5.75 Å². The number of benzene rings is 2. The standard InChI is InChI=1S/C13H10Cl3NO3S/c1-7-2-3-12(18)11(4-7)17-21(19,20)13-6-9(15)8(14)5-10(13)16/h2-6,17-18H,1H3. The number of aromatic hydroxyl groups is 1. The first-order valence-corrected chi connectivity index (χ1v) is 8.29. The minimum Gasteiger partial charge on any atom is -0.506 e. The lowest BCUT2D eigenvalue weighted by Gasteiger charge is -2.12. The molecule has 0 atom stereocenters. The van der Waals surface area contributed by atoms with Crippen molar-refractivity contribution in [2.75, 3.05) is 4.72 Å². The van der Waals surface area contributed by atoms with Crippen LogP contribution < -0.4 is 4.72 Å². The lowest BCUT2D eigenvalue weighted by Crippen LogP contribution is -2.13. The predicted octanol–water partition coefficient (Wildman–Crippen LogP) is 4.46. The lowest BCUT2D eigenvalue weighted by molar-refractivity contribution is 0.477. The first-order chi connectivity index (χ1) is 9.70. The molecule has 0 fully saturated rings. The number of aryl methyl sites for hydroxylation is 1. The largest absolute Gasteiger partial charge is 0.506 e. The first-order valence-electron chi connectivity index (χ1n) is 5.67. The number of phenols is 1. The number of rotatable bonds is 3. The highest BCUT2D eigenvalue weighted by molar-refractivity contribution is 7.92. The van der Waals surface area contributed by atoms with Gasteiger partial charge in [-0.25, -0.2) is 8.42 Å². The van der Waals surface area contributed by atoms with Gasteiger partial charge in [0.25, 0.3) is 10.0 Å². The zero-order valence-electron chi connectivity index (χ0n) is 10.7. The van der Waals surface area contributed by atoms with Crippen molar-refractivity contribution in [2.24, 2.45) is 0 Å². The van der Waals surface area contributed by atoms with Crippen molar-refractivity contribution < 1.29 is 13.5 Å². The molecule has 8 heteroatoms. The first kappa shape index (κ1) is 16.2. The van der Waals surface area contributed by atoms with Crippen LogP contribution in [0.2, 0.25) is 15.1 Å². The summed E-state index contributed by atoms with van der Waals surface area (Å²) in [6.07, 6.45) is 0. The van der Waals surface area contributed by atoms with Crippen LogP contribution in [0, 0.1) is 6.92 Å². The Hall–Kier alpha value is -1.14. The average Bonchev–Trinajstić information content (AvgIpc) is 2.37. The molecule has 2 rings (SSSR count). The molecular weight excluding hydrogens is 357 g/mol. The van der Waals surface area contributed by atoms with Gasteiger partial charge in [0.1, 0.15) is 10.6 Å². The molecule has 0 heterocycles. The molecule has 2 aromatic rings. The van der Waals surface area contributed by atoms with E-state index in [1.165, 1.54) is 18.2 Å². The molecular formula is C13H10Cl3NO3S. The van der Waals surface area contributed by atoms with Gasteiger partial charge in [0, 0.05) is 0 Å². The Morgan fingerprint density at radius 2 is 1.62 bits per heavy atom. The molecule has 4 nitrogen and oxygen atoms in total. The third kappa shape index (κ3) is 3.55. The number of phenolic OH excluding ortho intramolecular Hbond substituents is 1. The molecule has 0 unspecified atom stereocenters. The van der Waals surface area contributed by atoms with Gasteiger partial charge in [-0.05, 0) is 36.8 Å². The Labute approximate surface area is 137 Å². The summed E-state index contributed by atoms with van der Waals surface area (Å²) in [4.78, 5) is -0.223. The minimum atomic E-state index is -4.01. The molecule has 0 spiro atoms. The van der Waals surface area contributed by atoms with E-state index in [1.807, 2.05) is 0 Å². The molecule has 0 saturated carbocycles. The second-order valence-corrected chi connectivity index (χ2v) is 7.20. The fraction of sp³-hybridized carbons (Fsp3) is 0.0769. The number of nitrogens with one attached hydrogen (secondary N) is 1. The third-order valence-electron chi connectivity index (χ3n) is 2.66. The van der Waals surface area contributed by atoms with Crippen LogP contribution in [0.25, 0.3) is 0 Å². The van der Waals surface area contributed by atoms with E-state index in [2.05, 4.69) is 4.72 Å². The fourth-order valence-corrected chi connectivity index (χ4v) is 3.71.